The third kappa shape index (κ3) is 2.67. The Labute approximate surface area is 141 Å². The van der Waals surface area contributed by atoms with Crippen LogP contribution in [-0.4, -0.2) is 27.3 Å². The van der Waals surface area contributed by atoms with Gasteiger partial charge in [0.05, 0.1) is 0 Å². The van der Waals surface area contributed by atoms with Gasteiger partial charge in [-0.2, -0.15) is 0 Å². The summed E-state index contributed by atoms with van der Waals surface area (Å²) in [6.07, 6.45) is 1.92. The van der Waals surface area contributed by atoms with E-state index in [1.165, 1.54) is 23.5 Å². The van der Waals surface area contributed by atoms with Crippen molar-refractivity contribution in [2.24, 2.45) is 7.05 Å². The molecule has 1 amide bonds. The number of aromatic nitrogens is 3. The first-order chi connectivity index (χ1) is 11.6. The molecule has 124 valence electrons. The second kappa shape index (κ2) is 5.95. The monoisotopic (exact) mass is 346 g/mol. The smallest absolute Gasteiger partial charge is 0.274 e. The average molecular weight is 346 g/mol. The Morgan fingerprint density at radius 3 is 3.08 bits per heavy atom. The Balaban J connectivity index is 1.57. The number of rotatable bonds is 3. The van der Waals surface area contributed by atoms with Crippen LogP contribution in [0.3, 0.4) is 0 Å². The lowest BCUT2D eigenvalue weighted by atomic mass is 10.2. The van der Waals surface area contributed by atoms with Crippen LogP contribution in [0.25, 0.3) is 10.9 Å². The Bertz CT molecular complexity index is 914. The lowest BCUT2D eigenvalue weighted by Gasteiger charge is -2.04. The fourth-order valence-corrected chi connectivity index (χ4v) is 3.71. The van der Waals surface area contributed by atoms with Crippen LogP contribution in [-0.2, 0) is 11.8 Å². The second-order valence-electron chi connectivity index (χ2n) is 5.69. The van der Waals surface area contributed by atoms with Crippen LogP contribution in [0.5, 0.6) is 0 Å². The summed E-state index contributed by atoms with van der Waals surface area (Å²) in [4.78, 5) is 12.5. The number of anilines is 1. The maximum atomic E-state index is 13.3. The number of hydrogen-bond donors (Lipinski definition) is 1. The van der Waals surface area contributed by atoms with Crippen LogP contribution in [0.1, 0.15) is 34.4 Å². The number of halogens is 1. The number of benzene rings is 1. The number of aryl methyl sites for hydroxylation is 1. The molecule has 1 aliphatic heterocycles. The molecule has 1 atom stereocenters. The van der Waals surface area contributed by atoms with Gasteiger partial charge in [-0.05, 0) is 37.1 Å². The van der Waals surface area contributed by atoms with Gasteiger partial charge in [-0.25, -0.2) is 4.39 Å². The highest BCUT2D eigenvalue weighted by atomic mass is 32.1. The number of carbonyl (C=O) groups excluding carboxylic acids is 1. The topological polar surface area (TPSA) is 69.0 Å². The van der Waals surface area contributed by atoms with Crippen molar-refractivity contribution in [2.45, 2.75) is 18.9 Å². The second-order valence-corrected chi connectivity index (χ2v) is 6.70. The van der Waals surface area contributed by atoms with E-state index in [0.717, 1.165) is 30.0 Å². The average Bonchev–Trinajstić information content (AvgIpc) is 3.27. The van der Waals surface area contributed by atoms with Crippen molar-refractivity contribution in [1.29, 1.82) is 0 Å². The fraction of sp³-hybridized carbons (Fsp3) is 0.312. The van der Waals surface area contributed by atoms with E-state index in [9.17, 15) is 9.18 Å². The first-order valence-corrected chi connectivity index (χ1v) is 8.45. The quantitative estimate of drug-likeness (QED) is 0.790. The summed E-state index contributed by atoms with van der Waals surface area (Å²) in [7, 11) is 1.77. The number of hydrogen-bond acceptors (Lipinski definition) is 5. The summed E-state index contributed by atoms with van der Waals surface area (Å²) in [5.41, 5.74) is 1.23. The molecule has 0 aliphatic carbocycles. The molecule has 3 aromatic rings. The largest absolute Gasteiger partial charge is 0.371 e. The van der Waals surface area contributed by atoms with Crippen molar-refractivity contribution in [3.05, 3.63) is 40.8 Å². The molecular weight excluding hydrogens is 331 g/mol. The number of nitrogens with zero attached hydrogens (tertiary/aromatic N) is 3. The minimum atomic E-state index is -0.328. The molecule has 24 heavy (non-hydrogen) atoms. The van der Waals surface area contributed by atoms with E-state index in [2.05, 4.69) is 15.5 Å². The van der Waals surface area contributed by atoms with Crippen LogP contribution in [0.15, 0.2) is 24.3 Å². The van der Waals surface area contributed by atoms with Gasteiger partial charge in [0.2, 0.25) is 5.13 Å². The van der Waals surface area contributed by atoms with Gasteiger partial charge in [0, 0.05) is 24.6 Å². The van der Waals surface area contributed by atoms with Crippen molar-refractivity contribution in [1.82, 2.24) is 14.8 Å². The van der Waals surface area contributed by atoms with Crippen LogP contribution in [0.4, 0.5) is 9.52 Å². The van der Waals surface area contributed by atoms with Gasteiger partial charge in [-0.1, -0.05) is 11.3 Å². The van der Waals surface area contributed by atoms with E-state index < -0.39 is 0 Å². The summed E-state index contributed by atoms with van der Waals surface area (Å²) in [6.45, 7) is 0.735. The third-order valence-electron chi connectivity index (χ3n) is 4.10. The van der Waals surface area contributed by atoms with Crippen molar-refractivity contribution in [2.75, 3.05) is 11.9 Å². The zero-order valence-corrected chi connectivity index (χ0v) is 13.8. The summed E-state index contributed by atoms with van der Waals surface area (Å²) < 4.78 is 20.6. The minimum Gasteiger partial charge on any atom is -0.371 e. The maximum Gasteiger partial charge on any atom is 0.274 e. The Morgan fingerprint density at radius 1 is 1.42 bits per heavy atom. The Morgan fingerprint density at radius 2 is 2.29 bits per heavy atom. The molecule has 2 aromatic heterocycles. The molecule has 0 radical (unpaired) electrons. The highest BCUT2D eigenvalue weighted by Crippen LogP contribution is 2.32. The van der Waals surface area contributed by atoms with Gasteiger partial charge in [0.15, 0.2) is 0 Å². The first-order valence-electron chi connectivity index (χ1n) is 7.63. The first kappa shape index (κ1) is 15.2. The van der Waals surface area contributed by atoms with Gasteiger partial charge in [0.1, 0.15) is 22.6 Å². The minimum absolute atomic E-state index is 0.0197. The number of amides is 1. The van der Waals surface area contributed by atoms with Gasteiger partial charge < -0.3 is 9.30 Å². The van der Waals surface area contributed by atoms with E-state index >= 15 is 0 Å². The lowest BCUT2D eigenvalue weighted by molar-refractivity contribution is 0.101. The molecule has 3 heterocycles. The zero-order chi connectivity index (χ0) is 16.7. The molecule has 1 aromatic carbocycles. The Hall–Kier alpha value is -2.32. The molecular formula is C16H15FN4O2S. The van der Waals surface area contributed by atoms with Crippen LogP contribution >= 0.6 is 11.3 Å². The van der Waals surface area contributed by atoms with Gasteiger partial charge in [0.25, 0.3) is 5.91 Å². The predicted octanol–water partition coefficient (Wildman–Crippen LogP) is 3.27. The lowest BCUT2D eigenvalue weighted by Crippen LogP contribution is -2.15. The predicted molar refractivity (Wildman–Crippen MR) is 88.7 cm³/mol. The molecule has 4 rings (SSSR count). The number of ether oxygens (including phenoxy) is 1. The summed E-state index contributed by atoms with van der Waals surface area (Å²) >= 11 is 1.32. The SMILES string of the molecule is Cn1c(C(=O)Nc2nnc([C@H]3CCCO3)s2)cc2cc(F)ccc21. The molecule has 6 nitrogen and oxygen atoms in total. The molecule has 1 N–H and O–H groups in total. The summed E-state index contributed by atoms with van der Waals surface area (Å²) in [5, 5.41) is 12.8. The van der Waals surface area contributed by atoms with Gasteiger partial charge >= 0.3 is 0 Å². The van der Waals surface area contributed by atoms with Crippen molar-refractivity contribution >= 4 is 33.3 Å². The van der Waals surface area contributed by atoms with Gasteiger partial charge in [-0.15, -0.1) is 10.2 Å². The Kier molecular flexibility index (Phi) is 3.78. The highest BCUT2D eigenvalue weighted by molar-refractivity contribution is 7.15. The summed E-state index contributed by atoms with van der Waals surface area (Å²) in [6, 6.07) is 6.10. The fourth-order valence-electron chi connectivity index (χ4n) is 2.89. The van der Waals surface area contributed by atoms with Crippen molar-refractivity contribution in [3.63, 3.8) is 0 Å². The third-order valence-corrected chi connectivity index (χ3v) is 5.03. The normalized spacial score (nSPS) is 17.5. The molecule has 0 bridgehead atoms. The molecule has 1 saturated heterocycles. The van der Waals surface area contributed by atoms with E-state index in [-0.39, 0.29) is 17.8 Å². The molecule has 0 unspecified atom stereocenters. The standard InChI is InChI=1S/C16H15FN4O2S/c1-21-11-5-4-10(17)7-9(11)8-12(21)14(22)18-16-20-19-15(24-16)13-3-2-6-23-13/h4-5,7-8,13H,2-3,6H2,1H3,(H,18,20,22)/t13-/m1/s1. The summed E-state index contributed by atoms with van der Waals surface area (Å²) in [5.74, 6) is -0.630. The van der Waals surface area contributed by atoms with E-state index in [0.29, 0.717) is 16.2 Å². The number of nitrogens with one attached hydrogen (secondary N) is 1. The van der Waals surface area contributed by atoms with E-state index in [4.69, 9.17) is 4.74 Å². The van der Waals surface area contributed by atoms with E-state index in [1.807, 2.05) is 0 Å². The van der Waals surface area contributed by atoms with Crippen molar-refractivity contribution in [3.8, 4) is 0 Å². The van der Waals surface area contributed by atoms with Crippen LogP contribution in [0, 0.1) is 5.82 Å². The molecule has 1 aliphatic rings. The molecule has 0 saturated carbocycles. The number of fused-ring (bicyclic) bond motifs is 1. The van der Waals surface area contributed by atoms with E-state index in [1.54, 1.807) is 23.7 Å². The molecule has 0 spiro atoms. The van der Waals surface area contributed by atoms with Gasteiger partial charge in [-0.3, -0.25) is 10.1 Å². The van der Waals surface area contributed by atoms with Crippen molar-refractivity contribution < 1.29 is 13.9 Å². The maximum absolute atomic E-state index is 13.3. The molecule has 8 heteroatoms. The van der Waals surface area contributed by atoms with Crippen LogP contribution in [0.2, 0.25) is 0 Å². The molecule has 1 fully saturated rings. The van der Waals surface area contributed by atoms with Crippen LogP contribution < -0.4 is 5.32 Å². The highest BCUT2D eigenvalue weighted by Gasteiger charge is 2.23. The number of carbonyl (C=O) groups is 1. The zero-order valence-electron chi connectivity index (χ0n) is 13.0.